The second-order valence-electron chi connectivity index (χ2n) is 3.49. The molecule has 3 nitrogen and oxygen atoms in total. The number of esters is 1. The van der Waals surface area contributed by atoms with Crippen LogP contribution in [0.25, 0.3) is 0 Å². The smallest absolute Gasteiger partial charge is 0.344 e. The third-order valence-electron chi connectivity index (χ3n) is 1.97. The molecular weight excluding hydrogens is 224 g/mol. The molecule has 1 aliphatic rings. The fourth-order valence-electron chi connectivity index (χ4n) is 1.32. The quantitative estimate of drug-likeness (QED) is 0.606. The monoisotopic (exact) mass is 240 g/mol. The molecule has 4 heteroatoms. The standard InChI is InChI=1S/C12H16O3S/c1-3-14-12(13)8-15-10-4-5-11(16)7-9(2)6-10/h4-5,7,16H,3,6,8H2,1-2H3. The third kappa shape index (κ3) is 4.57. The Hall–Kier alpha value is -1.16. The van der Waals surface area contributed by atoms with E-state index in [4.69, 9.17) is 9.47 Å². The molecule has 0 N–H and O–H groups in total. The number of hydrogen-bond acceptors (Lipinski definition) is 4. The number of carbonyl (C=O) groups excluding carboxylic acids is 1. The van der Waals surface area contributed by atoms with Crippen molar-refractivity contribution in [1.82, 2.24) is 0 Å². The molecule has 88 valence electrons. The van der Waals surface area contributed by atoms with E-state index in [1.807, 2.05) is 25.2 Å². The zero-order valence-electron chi connectivity index (χ0n) is 9.53. The Morgan fingerprint density at radius 2 is 2.25 bits per heavy atom. The highest BCUT2D eigenvalue weighted by Crippen LogP contribution is 2.20. The first-order valence-electron chi connectivity index (χ1n) is 5.17. The largest absolute Gasteiger partial charge is 0.486 e. The Bertz CT molecular complexity index is 353. The average molecular weight is 240 g/mol. The van der Waals surface area contributed by atoms with Crippen molar-refractivity contribution in [2.75, 3.05) is 13.2 Å². The van der Waals surface area contributed by atoms with Gasteiger partial charge < -0.3 is 9.47 Å². The minimum Gasteiger partial charge on any atom is -0.486 e. The molecule has 0 heterocycles. The van der Waals surface area contributed by atoms with Gasteiger partial charge in [0.2, 0.25) is 0 Å². The van der Waals surface area contributed by atoms with Crippen molar-refractivity contribution in [2.45, 2.75) is 20.3 Å². The van der Waals surface area contributed by atoms with Gasteiger partial charge in [0.1, 0.15) is 5.76 Å². The molecule has 0 saturated carbocycles. The van der Waals surface area contributed by atoms with Gasteiger partial charge in [0.05, 0.1) is 6.61 Å². The molecule has 0 aliphatic heterocycles. The number of hydrogen-bond donors (Lipinski definition) is 1. The summed E-state index contributed by atoms with van der Waals surface area (Å²) in [7, 11) is 0. The summed E-state index contributed by atoms with van der Waals surface area (Å²) in [6.45, 7) is 4.10. The van der Waals surface area contributed by atoms with Crippen molar-refractivity contribution in [2.24, 2.45) is 0 Å². The minimum absolute atomic E-state index is 0.0390. The van der Waals surface area contributed by atoms with Gasteiger partial charge in [-0.2, -0.15) is 0 Å². The summed E-state index contributed by atoms with van der Waals surface area (Å²) >= 11 is 4.27. The molecule has 0 saturated heterocycles. The summed E-state index contributed by atoms with van der Waals surface area (Å²) in [5, 5.41) is 0. The van der Waals surface area contributed by atoms with Crippen LogP contribution in [-0.2, 0) is 14.3 Å². The van der Waals surface area contributed by atoms with Crippen LogP contribution >= 0.6 is 12.6 Å². The molecule has 1 rings (SSSR count). The average Bonchev–Trinajstić information content (AvgIpc) is 2.37. The summed E-state index contributed by atoms with van der Waals surface area (Å²) in [6, 6.07) is 0. The third-order valence-corrected chi connectivity index (χ3v) is 2.25. The van der Waals surface area contributed by atoms with Gasteiger partial charge in [-0.3, -0.25) is 0 Å². The lowest BCUT2D eigenvalue weighted by Gasteiger charge is -2.08. The van der Waals surface area contributed by atoms with E-state index in [0.717, 1.165) is 16.2 Å². The van der Waals surface area contributed by atoms with Crippen LogP contribution in [0.1, 0.15) is 20.3 Å². The first-order chi connectivity index (χ1) is 7.61. The summed E-state index contributed by atoms with van der Waals surface area (Å²) in [6.07, 6.45) is 6.34. The molecule has 0 atom stereocenters. The summed E-state index contributed by atoms with van der Waals surface area (Å²) in [4.78, 5) is 12.0. The maximum atomic E-state index is 11.1. The van der Waals surface area contributed by atoms with E-state index in [0.29, 0.717) is 13.0 Å². The SMILES string of the molecule is CCOC(=O)COC1=CC=C(S)C=C(C)C1. The van der Waals surface area contributed by atoms with Gasteiger partial charge in [0, 0.05) is 11.3 Å². The Labute approximate surface area is 101 Å². The second-order valence-corrected chi connectivity index (χ2v) is 4.00. The lowest BCUT2D eigenvalue weighted by Crippen LogP contribution is -2.12. The Morgan fingerprint density at radius 3 is 2.94 bits per heavy atom. The van der Waals surface area contributed by atoms with Crippen LogP contribution < -0.4 is 0 Å². The highest BCUT2D eigenvalue weighted by atomic mass is 32.1. The summed E-state index contributed by atoms with van der Waals surface area (Å²) < 4.78 is 10.1. The first kappa shape index (κ1) is 12.9. The molecule has 0 aromatic heterocycles. The Morgan fingerprint density at radius 1 is 1.50 bits per heavy atom. The van der Waals surface area contributed by atoms with E-state index < -0.39 is 0 Å². The van der Waals surface area contributed by atoms with Gasteiger partial charge in [0.15, 0.2) is 6.61 Å². The molecule has 0 radical (unpaired) electrons. The zero-order valence-corrected chi connectivity index (χ0v) is 10.4. The van der Waals surface area contributed by atoms with Crippen molar-refractivity contribution in [3.05, 3.63) is 34.5 Å². The van der Waals surface area contributed by atoms with E-state index in [9.17, 15) is 4.79 Å². The normalized spacial score (nSPS) is 15.6. The number of carbonyl (C=O) groups is 1. The van der Waals surface area contributed by atoms with Gasteiger partial charge >= 0.3 is 5.97 Å². The van der Waals surface area contributed by atoms with Crippen LogP contribution in [-0.4, -0.2) is 19.2 Å². The van der Waals surface area contributed by atoms with Crippen LogP contribution in [0.4, 0.5) is 0 Å². The van der Waals surface area contributed by atoms with Gasteiger partial charge in [-0.05, 0) is 32.1 Å². The van der Waals surface area contributed by atoms with Crippen LogP contribution in [0.15, 0.2) is 34.5 Å². The highest BCUT2D eigenvalue weighted by molar-refractivity contribution is 7.84. The van der Waals surface area contributed by atoms with E-state index >= 15 is 0 Å². The van der Waals surface area contributed by atoms with Gasteiger partial charge in [-0.1, -0.05) is 5.57 Å². The predicted octanol–water partition coefficient (Wildman–Crippen LogP) is 2.61. The molecule has 1 aliphatic carbocycles. The first-order valence-corrected chi connectivity index (χ1v) is 5.62. The number of allylic oxidation sites excluding steroid dienone is 4. The lowest BCUT2D eigenvalue weighted by molar-refractivity contribution is -0.147. The predicted molar refractivity (Wildman–Crippen MR) is 66.1 cm³/mol. The minimum atomic E-state index is -0.343. The van der Waals surface area contributed by atoms with E-state index in [1.165, 1.54) is 0 Å². The number of rotatable bonds is 4. The van der Waals surface area contributed by atoms with E-state index in [-0.39, 0.29) is 12.6 Å². The van der Waals surface area contributed by atoms with Crippen molar-refractivity contribution >= 4 is 18.6 Å². The molecule has 0 fully saturated rings. The van der Waals surface area contributed by atoms with Gasteiger partial charge in [-0.25, -0.2) is 4.79 Å². The van der Waals surface area contributed by atoms with Crippen molar-refractivity contribution in [3.8, 4) is 0 Å². The fraction of sp³-hybridized carbons (Fsp3) is 0.417. The van der Waals surface area contributed by atoms with Crippen LogP contribution in [0, 0.1) is 0 Å². The van der Waals surface area contributed by atoms with Crippen molar-refractivity contribution < 1.29 is 14.3 Å². The maximum absolute atomic E-state index is 11.1. The Kier molecular flexibility index (Phi) is 5.19. The molecule has 0 aromatic rings. The second kappa shape index (κ2) is 6.43. The maximum Gasteiger partial charge on any atom is 0.344 e. The highest BCUT2D eigenvalue weighted by Gasteiger charge is 2.07. The molecule has 0 spiro atoms. The van der Waals surface area contributed by atoms with E-state index in [1.54, 1.807) is 6.92 Å². The topological polar surface area (TPSA) is 35.5 Å². The van der Waals surface area contributed by atoms with Crippen LogP contribution in [0.3, 0.4) is 0 Å². The van der Waals surface area contributed by atoms with Crippen molar-refractivity contribution in [1.29, 1.82) is 0 Å². The molecule has 16 heavy (non-hydrogen) atoms. The van der Waals surface area contributed by atoms with Gasteiger partial charge in [0.25, 0.3) is 0 Å². The molecule has 0 aromatic carbocycles. The van der Waals surface area contributed by atoms with Crippen LogP contribution in [0.5, 0.6) is 0 Å². The summed E-state index contributed by atoms with van der Waals surface area (Å²) in [5.74, 6) is 0.412. The molecule has 0 unspecified atom stereocenters. The molecule has 0 bridgehead atoms. The number of thiol groups is 1. The Balaban J connectivity index is 2.50. The number of ether oxygens (including phenoxy) is 2. The zero-order chi connectivity index (χ0) is 12.0. The van der Waals surface area contributed by atoms with Gasteiger partial charge in [-0.15, -0.1) is 12.6 Å². The lowest BCUT2D eigenvalue weighted by atomic mass is 10.2. The molecule has 0 amide bonds. The molecular formula is C12H16O3S. The van der Waals surface area contributed by atoms with E-state index in [2.05, 4.69) is 12.6 Å². The van der Waals surface area contributed by atoms with Crippen molar-refractivity contribution in [3.63, 3.8) is 0 Å². The summed E-state index contributed by atoms with van der Waals surface area (Å²) in [5.41, 5.74) is 1.15. The van der Waals surface area contributed by atoms with Crippen LogP contribution in [0.2, 0.25) is 0 Å². The fourth-order valence-corrected chi connectivity index (χ4v) is 1.61.